The fraction of sp³-hybridized carbons (Fsp3) is 0.278. The van der Waals surface area contributed by atoms with Crippen molar-refractivity contribution in [3.05, 3.63) is 69.5 Å². The van der Waals surface area contributed by atoms with Crippen LogP contribution < -0.4 is 5.32 Å². The molecule has 24 heavy (non-hydrogen) atoms. The van der Waals surface area contributed by atoms with Crippen LogP contribution in [0.1, 0.15) is 17.5 Å². The number of carbonyl (C=O) groups excluding carboxylic acids is 1. The third-order valence-electron chi connectivity index (χ3n) is 3.38. The molecule has 128 valence electrons. The molecule has 0 unspecified atom stereocenters. The second-order valence-electron chi connectivity index (χ2n) is 5.28. The summed E-state index contributed by atoms with van der Waals surface area (Å²) in [6.07, 6.45) is 1.02. The highest BCUT2D eigenvalue weighted by Gasteiger charge is 2.03. The summed E-state index contributed by atoms with van der Waals surface area (Å²) in [4.78, 5) is 11.8. The predicted octanol–water partition coefficient (Wildman–Crippen LogP) is 5.11. The Balaban J connectivity index is 1.59. The van der Waals surface area contributed by atoms with Crippen LogP contribution in [0.15, 0.2) is 42.5 Å². The van der Waals surface area contributed by atoms with Gasteiger partial charge in [0.2, 0.25) is 5.91 Å². The fourth-order valence-electron chi connectivity index (χ4n) is 2.08. The maximum absolute atomic E-state index is 12.8. The minimum Gasteiger partial charge on any atom is -0.355 e. The first kappa shape index (κ1) is 19.1. The minimum atomic E-state index is -0.262. The van der Waals surface area contributed by atoms with Crippen LogP contribution >= 0.6 is 35.0 Å². The van der Waals surface area contributed by atoms with Crippen LogP contribution in [-0.4, -0.2) is 18.2 Å². The van der Waals surface area contributed by atoms with Crippen molar-refractivity contribution in [2.45, 2.75) is 18.6 Å². The summed E-state index contributed by atoms with van der Waals surface area (Å²) < 4.78 is 12.8. The van der Waals surface area contributed by atoms with Gasteiger partial charge >= 0.3 is 0 Å². The molecule has 0 radical (unpaired) electrons. The van der Waals surface area contributed by atoms with Gasteiger partial charge in [-0.2, -0.15) is 11.8 Å². The lowest BCUT2D eigenvalue weighted by atomic mass is 10.1. The van der Waals surface area contributed by atoms with Gasteiger partial charge in [0.1, 0.15) is 5.82 Å². The molecule has 2 nitrogen and oxygen atoms in total. The smallest absolute Gasteiger partial charge is 0.220 e. The summed E-state index contributed by atoms with van der Waals surface area (Å²) in [6, 6.07) is 11.8. The third kappa shape index (κ3) is 6.71. The van der Waals surface area contributed by atoms with Crippen molar-refractivity contribution in [1.82, 2.24) is 5.32 Å². The first-order valence-corrected chi connectivity index (χ1v) is 9.48. The maximum Gasteiger partial charge on any atom is 0.220 e. The van der Waals surface area contributed by atoms with E-state index in [1.54, 1.807) is 30.0 Å². The summed E-state index contributed by atoms with van der Waals surface area (Å²) in [5, 5.41) is 4.00. The zero-order chi connectivity index (χ0) is 17.4. The van der Waals surface area contributed by atoms with Crippen molar-refractivity contribution in [2.24, 2.45) is 0 Å². The van der Waals surface area contributed by atoms with Crippen LogP contribution in [0.4, 0.5) is 4.39 Å². The van der Waals surface area contributed by atoms with E-state index in [9.17, 15) is 9.18 Å². The van der Waals surface area contributed by atoms with Gasteiger partial charge in [-0.05, 0) is 41.8 Å². The molecule has 0 aliphatic carbocycles. The summed E-state index contributed by atoms with van der Waals surface area (Å²) in [5.74, 6) is 1.39. The number of carbonyl (C=O) groups is 1. The predicted molar refractivity (Wildman–Crippen MR) is 100 cm³/mol. The summed E-state index contributed by atoms with van der Waals surface area (Å²) in [5.41, 5.74) is 2.07. The normalized spacial score (nSPS) is 10.6. The summed E-state index contributed by atoms with van der Waals surface area (Å²) in [6.45, 7) is 0.619. The maximum atomic E-state index is 12.8. The number of thioether (sulfide) groups is 1. The Morgan fingerprint density at radius 2 is 1.75 bits per heavy atom. The highest BCUT2D eigenvalue weighted by Crippen LogP contribution is 2.24. The molecule has 0 aliphatic rings. The lowest BCUT2D eigenvalue weighted by molar-refractivity contribution is -0.120. The van der Waals surface area contributed by atoms with Gasteiger partial charge in [0.25, 0.3) is 0 Å². The largest absolute Gasteiger partial charge is 0.355 e. The number of nitrogens with one attached hydrogen (secondary N) is 1. The average molecular weight is 386 g/mol. The molecule has 6 heteroatoms. The highest BCUT2D eigenvalue weighted by molar-refractivity contribution is 7.98. The SMILES string of the molecule is O=C(CCc1ccc(F)cc1)NCCSCc1ccc(Cl)c(Cl)c1. The summed E-state index contributed by atoms with van der Waals surface area (Å²) in [7, 11) is 0. The first-order chi connectivity index (χ1) is 11.5. The van der Waals surface area contributed by atoms with Crippen molar-refractivity contribution in [3.63, 3.8) is 0 Å². The molecule has 1 N–H and O–H groups in total. The molecule has 0 aromatic heterocycles. The van der Waals surface area contributed by atoms with Crippen molar-refractivity contribution in [2.75, 3.05) is 12.3 Å². The van der Waals surface area contributed by atoms with E-state index in [-0.39, 0.29) is 11.7 Å². The molecule has 0 atom stereocenters. The summed E-state index contributed by atoms with van der Waals surface area (Å²) >= 11 is 13.6. The zero-order valence-electron chi connectivity index (χ0n) is 13.0. The Labute approximate surface area is 155 Å². The van der Waals surface area contributed by atoms with Gasteiger partial charge in [0.05, 0.1) is 10.0 Å². The van der Waals surface area contributed by atoms with Crippen molar-refractivity contribution in [3.8, 4) is 0 Å². The molecule has 0 fully saturated rings. The number of hydrogen-bond donors (Lipinski definition) is 1. The van der Waals surface area contributed by atoms with E-state index in [4.69, 9.17) is 23.2 Å². The minimum absolute atomic E-state index is 0.00876. The van der Waals surface area contributed by atoms with Crippen LogP contribution in [0.25, 0.3) is 0 Å². The third-order valence-corrected chi connectivity index (χ3v) is 5.14. The van der Waals surface area contributed by atoms with E-state index in [1.807, 2.05) is 12.1 Å². The molecule has 2 aromatic carbocycles. The number of halogens is 3. The van der Waals surface area contributed by atoms with Gasteiger partial charge in [-0.1, -0.05) is 41.4 Å². The number of rotatable bonds is 8. The quantitative estimate of drug-likeness (QED) is 0.639. The van der Waals surface area contributed by atoms with Gasteiger partial charge in [-0.15, -0.1) is 0 Å². The van der Waals surface area contributed by atoms with Gasteiger partial charge in [-0.3, -0.25) is 4.79 Å². The standard InChI is InChI=1S/C18H18Cl2FNOS/c19-16-7-3-14(11-17(16)20)12-24-10-9-22-18(23)8-4-13-1-5-15(21)6-2-13/h1-3,5-7,11H,4,8-10,12H2,(H,22,23). The number of aryl methyl sites for hydroxylation is 1. The highest BCUT2D eigenvalue weighted by atomic mass is 35.5. The van der Waals surface area contributed by atoms with Gasteiger partial charge in [0.15, 0.2) is 0 Å². The second-order valence-corrected chi connectivity index (χ2v) is 7.20. The van der Waals surface area contributed by atoms with Gasteiger partial charge in [0, 0.05) is 24.5 Å². The lowest BCUT2D eigenvalue weighted by Gasteiger charge is -2.06. The van der Waals surface area contributed by atoms with E-state index < -0.39 is 0 Å². The molecule has 0 saturated carbocycles. The van der Waals surface area contributed by atoms with E-state index in [0.717, 1.165) is 22.6 Å². The molecule has 0 spiro atoms. The van der Waals surface area contributed by atoms with E-state index in [0.29, 0.717) is 29.4 Å². The molecular formula is C18H18Cl2FNOS. The Bertz CT molecular complexity index is 679. The Kier molecular flexibility index (Phi) is 7.89. The van der Waals surface area contributed by atoms with Crippen LogP contribution in [-0.2, 0) is 17.0 Å². The van der Waals surface area contributed by atoms with E-state index >= 15 is 0 Å². The molecule has 0 saturated heterocycles. The molecular weight excluding hydrogens is 368 g/mol. The Hall–Kier alpha value is -1.23. The van der Waals surface area contributed by atoms with Crippen molar-refractivity contribution < 1.29 is 9.18 Å². The van der Waals surface area contributed by atoms with Gasteiger partial charge < -0.3 is 5.32 Å². The van der Waals surface area contributed by atoms with Crippen LogP contribution in [0.3, 0.4) is 0 Å². The van der Waals surface area contributed by atoms with E-state index in [1.165, 1.54) is 12.1 Å². The monoisotopic (exact) mass is 385 g/mol. The number of hydrogen-bond acceptors (Lipinski definition) is 2. The lowest BCUT2D eigenvalue weighted by Crippen LogP contribution is -2.25. The number of amides is 1. The first-order valence-electron chi connectivity index (χ1n) is 7.57. The average Bonchev–Trinajstić information content (AvgIpc) is 2.57. The second kappa shape index (κ2) is 9.92. The van der Waals surface area contributed by atoms with Crippen LogP contribution in [0.2, 0.25) is 10.0 Å². The fourth-order valence-corrected chi connectivity index (χ4v) is 3.21. The molecule has 0 heterocycles. The van der Waals surface area contributed by atoms with Crippen LogP contribution in [0, 0.1) is 5.82 Å². The molecule has 2 aromatic rings. The molecule has 2 rings (SSSR count). The van der Waals surface area contributed by atoms with Crippen molar-refractivity contribution in [1.29, 1.82) is 0 Å². The Morgan fingerprint density at radius 3 is 2.46 bits per heavy atom. The van der Waals surface area contributed by atoms with Gasteiger partial charge in [-0.25, -0.2) is 4.39 Å². The topological polar surface area (TPSA) is 29.1 Å². The molecule has 0 aliphatic heterocycles. The van der Waals surface area contributed by atoms with Crippen LogP contribution in [0.5, 0.6) is 0 Å². The van der Waals surface area contributed by atoms with E-state index in [2.05, 4.69) is 5.32 Å². The Morgan fingerprint density at radius 1 is 1.04 bits per heavy atom. The molecule has 0 bridgehead atoms. The molecule has 1 amide bonds. The number of benzene rings is 2. The zero-order valence-corrected chi connectivity index (χ0v) is 15.4. The van der Waals surface area contributed by atoms with Crippen molar-refractivity contribution >= 4 is 40.9 Å².